The third kappa shape index (κ3) is 8.84. The van der Waals surface area contributed by atoms with Crippen LogP contribution in [-0.4, -0.2) is 66.5 Å². The lowest BCUT2D eigenvalue weighted by molar-refractivity contribution is -0.160. The summed E-state index contributed by atoms with van der Waals surface area (Å²) >= 11 is 1.62. The summed E-state index contributed by atoms with van der Waals surface area (Å²) in [5.74, 6) is 1.36. The second-order valence-electron chi connectivity index (χ2n) is 15.3. The molecule has 0 bridgehead atoms. The molecule has 2 aliphatic rings. The Morgan fingerprint density at radius 2 is 1.62 bits per heavy atom. The number of methoxy groups -OCH3 is 1. The lowest BCUT2D eigenvalue weighted by atomic mass is 9.96. The molecule has 7 nitrogen and oxygen atoms in total. The number of ether oxygens (including phenoxy) is 3. The molecule has 2 aliphatic heterocycles. The van der Waals surface area contributed by atoms with Crippen LogP contribution in [0.1, 0.15) is 79.1 Å². The fourth-order valence-corrected chi connectivity index (χ4v) is 8.74. The van der Waals surface area contributed by atoms with E-state index in [-0.39, 0.29) is 17.8 Å². The number of ketones is 1. The minimum Gasteiger partial charge on any atom is -0.496 e. The Balaban J connectivity index is 1.16. The van der Waals surface area contributed by atoms with Crippen molar-refractivity contribution in [3.63, 3.8) is 0 Å². The number of hydrogen-bond acceptors (Lipinski definition) is 8. The van der Waals surface area contributed by atoms with Crippen molar-refractivity contribution in [2.24, 2.45) is 0 Å². The summed E-state index contributed by atoms with van der Waals surface area (Å²) in [6.45, 7) is 10.9. The van der Waals surface area contributed by atoms with Gasteiger partial charge in [0.2, 0.25) is 0 Å². The van der Waals surface area contributed by atoms with Gasteiger partial charge in [0, 0.05) is 44.7 Å². The van der Waals surface area contributed by atoms with Crippen molar-refractivity contribution in [3.05, 3.63) is 119 Å². The molecule has 0 unspecified atom stereocenters. The zero-order valence-electron chi connectivity index (χ0n) is 31.4. The summed E-state index contributed by atoms with van der Waals surface area (Å²) in [5.41, 5.74) is 5.19. The van der Waals surface area contributed by atoms with Crippen LogP contribution in [-0.2, 0) is 29.1 Å². The van der Waals surface area contributed by atoms with E-state index >= 15 is 0 Å². The first-order valence-electron chi connectivity index (χ1n) is 18.9. The van der Waals surface area contributed by atoms with Crippen LogP contribution in [0.4, 0.5) is 0 Å². The van der Waals surface area contributed by atoms with Gasteiger partial charge >= 0.3 is 5.97 Å². The van der Waals surface area contributed by atoms with Gasteiger partial charge < -0.3 is 14.2 Å². The van der Waals surface area contributed by atoms with Crippen molar-refractivity contribution in [1.82, 2.24) is 9.80 Å². The van der Waals surface area contributed by atoms with Gasteiger partial charge in [-0.2, -0.15) is 0 Å². The summed E-state index contributed by atoms with van der Waals surface area (Å²) in [4.78, 5) is 33.1. The smallest absolute Gasteiger partial charge is 0.323 e. The summed E-state index contributed by atoms with van der Waals surface area (Å²) < 4.78 is 18.8. The third-order valence-corrected chi connectivity index (χ3v) is 11.4. The van der Waals surface area contributed by atoms with Crippen LogP contribution in [0.15, 0.2) is 91.0 Å². The largest absolute Gasteiger partial charge is 0.496 e. The molecule has 7 rings (SSSR count). The van der Waals surface area contributed by atoms with Gasteiger partial charge in [0.25, 0.3) is 0 Å². The SMILES string of the molecule is COc1cc(C(=O)c2c(-c3ccc(CCN4CCC[C@H]4C(=O)OC(C)(C)C)cc3)sc3cc(OCc4ccccc4)ccc23)ccc1CN1CCCC1. The van der Waals surface area contributed by atoms with Crippen molar-refractivity contribution in [1.29, 1.82) is 0 Å². The van der Waals surface area contributed by atoms with Crippen molar-refractivity contribution >= 4 is 33.2 Å². The van der Waals surface area contributed by atoms with Crippen molar-refractivity contribution in [2.45, 2.75) is 77.7 Å². The van der Waals surface area contributed by atoms with Gasteiger partial charge in [-0.25, -0.2) is 0 Å². The van der Waals surface area contributed by atoms with Gasteiger partial charge in [-0.1, -0.05) is 66.7 Å². The molecule has 0 saturated carbocycles. The van der Waals surface area contributed by atoms with E-state index < -0.39 is 5.60 Å². The van der Waals surface area contributed by atoms with Crippen LogP contribution in [0.2, 0.25) is 0 Å². The topological polar surface area (TPSA) is 68.3 Å². The molecule has 4 aromatic carbocycles. The lowest BCUT2D eigenvalue weighted by Gasteiger charge is -2.27. The molecule has 1 aromatic heterocycles. The van der Waals surface area contributed by atoms with Crippen LogP contribution < -0.4 is 9.47 Å². The van der Waals surface area contributed by atoms with E-state index in [0.717, 1.165) is 95.1 Å². The highest BCUT2D eigenvalue weighted by atomic mass is 32.1. The highest BCUT2D eigenvalue weighted by Crippen LogP contribution is 2.42. The number of carbonyl (C=O) groups is 2. The Labute approximate surface area is 317 Å². The Morgan fingerprint density at radius 1 is 0.849 bits per heavy atom. The fraction of sp³-hybridized carbons (Fsp3) is 0.378. The highest BCUT2D eigenvalue weighted by molar-refractivity contribution is 7.22. The first-order chi connectivity index (χ1) is 25.6. The van der Waals surface area contributed by atoms with E-state index in [1.54, 1.807) is 18.4 Å². The highest BCUT2D eigenvalue weighted by Gasteiger charge is 2.33. The number of benzene rings is 4. The Hall–Kier alpha value is -4.50. The third-order valence-electron chi connectivity index (χ3n) is 10.2. The van der Waals surface area contributed by atoms with Gasteiger partial charge in [-0.3, -0.25) is 19.4 Å². The predicted molar refractivity (Wildman–Crippen MR) is 213 cm³/mol. The molecule has 0 radical (unpaired) electrons. The molecular weight excluding hydrogens is 681 g/mol. The predicted octanol–water partition coefficient (Wildman–Crippen LogP) is 9.33. The van der Waals surface area contributed by atoms with Crippen molar-refractivity contribution in [2.75, 3.05) is 33.3 Å². The first kappa shape index (κ1) is 36.8. The van der Waals surface area contributed by atoms with Crippen molar-refractivity contribution < 1.29 is 23.8 Å². The molecule has 2 fully saturated rings. The van der Waals surface area contributed by atoms with Crippen LogP contribution in [0.3, 0.4) is 0 Å². The second kappa shape index (κ2) is 16.3. The molecule has 1 atom stereocenters. The van der Waals surface area contributed by atoms with Crippen LogP contribution in [0.5, 0.6) is 11.5 Å². The molecule has 5 aromatic rings. The zero-order valence-corrected chi connectivity index (χ0v) is 32.2. The number of nitrogens with zero attached hydrogens (tertiary/aromatic N) is 2. The van der Waals surface area contributed by atoms with E-state index in [0.29, 0.717) is 17.7 Å². The summed E-state index contributed by atoms with van der Waals surface area (Å²) in [7, 11) is 1.68. The van der Waals surface area contributed by atoms with Gasteiger partial charge in [0.05, 0.1) is 7.11 Å². The lowest BCUT2D eigenvalue weighted by Crippen LogP contribution is -2.41. The Kier molecular flexibility index (Phi) is 11.3. The number of fused-ring (bicyclic) bond motifs is 1. The maximum atomic E-state index is 14.6. The summed E-state index contributed by atoms with van der Waals surface area (Å²) in [6, 6.07) is 30.4. The number of carbonyl (C=O) groups excluding carboxylic acids is 2. The van der Waals surface area contributed by atoms with E-state index in [1.165, 1.54) is 18.4 Å². The summed E-state index contributed by atoms with van der Waals surface area (Å²) in [6.07, 6.45) is 5.10. The number of esters is 1. The molecule has 2 saturated heterocycles. The van der Waals surface area contributed by atoms with E-state index in [4.69, 9.17) is 14.2 Å². The normalized spacial score (nSPS) is 16.6. The average Bonchev–Trinajstić information content (AvgIpc) is 3.93. The summed E-state index contributed by atoms with van der Waals surface area (Å²) in [5, 5.41) is 0.911. The number of rotatable bonds is 13. The number of hydrogen-bond donors (Lipinski definition) is 0. The molecule has 0 N–H and O–H groups in total. The minimum atomic E-state index is -0.492. The molecule has 0 amide bonds. The standard InChI is InChI=1S/C45H50N2O5S/c1-45(2,3)52-44(49)38-13-10-25-47(38)26-22-31-14-16-33(17-15-31)43-41(37-21-20-36(28-40(37)53-43)51-30-32-11-6-5-7-12-32)42(48)34-18-19-35(39(27-34)50-4)29-46-23-8-9-24-46/h5-7,11-12,14-21,27-28,38H,8-10,13,22-26,29-30H2,1-4H3/t38-/m0/s1. The molecule has 276 valence electrons. The van der Waals surface area contributed by atoms with E-state index in [1.807, 2.05) is 63.2 Å². The van der Waals surface area contributed by atoms with Crippen LogP contribution in [0, 0.1) is 0 Å². The monoisotopic (exact) mass is 730 g/mol. The maximum absolute atomic E-state index is 14.6. The molecule has 0 aliphatic carbocycles. The van der Waals surface area contributed by atoms with E-state index in [9.17, 15) is 9.59 Å². The molecule has 53 heavy (non-hydrogen) atoms. The van der Waals surface area contributed by atoms with E-state index in [2.05, 4.69) is 58.3 Å². The molecule has 3 heterocycles. The van der Waals surface area contributed by atoms with Gasteiger partial charge in [0.1, 0.15) is 29.7 Å². The molecule has 8 heteroatoms. The second-order valence-corrected chi connectivity index (χ2v) is 16.3. The first-order valence-corrected chi connectivity index (χ1v) is 19.7. The van der Waals surface area contributed by atoms with Crippen LogP contribution >= 0.6 is 11.3 Å². The number of likely N-dealkylation sites (tertiary alicyclic amines) is 2. The molecule has 0 spiro atoms. The van der Waals surface area contributed by atoms with Crippen LogP contribution in [0.25, 0.3) is 20.5 Å². The minimum absolute atomic E-state index is 0.0264. The zero-order chi connectivity index (χ0) is 37.0. The maximum Gasteiger partial charge on any atom is 0.323 e. The Morgan fingerprint density at radius 3 is 2.36 bits per heavy atom. The van der Waals surface area contributed by atoms with Crippen molar-refractivity contribution in [3.8, 4) is 21.9 Å². The fourth-order valence-electron chi connectivity index (χ4n) is 7.50. The van der Waals surface area contributed by atoms with Gasteiger partial charge in [0.15, 0.2) is 5.78 Å². The van der Waals surface area contributed by atoms with Gasteiger partial charge in [-0.05, 0) is 113 Å². The quantitative estimate of drug-likeness (QED) is 0.0884. The molecular formula is C45H50N2O5S. The Bertz CT molecular complexity index is 2040. The average molecular weight is 731 g/mol. The number of thiophene rings is 1. The van der Waals surface area contributed by atoms with Gasteiger partial charge in [-0.15, -0.1) is 11.3 Å².